The molecule has 0 radical (unpaired) electrons. The summed E-state index contributed by atoms with van der Waals surface area (Å²) < 4.78 is 4.75. The van der Waals surface area contributed by atoms with E-state index >= 15 is 0 Å². The predicted octanol–water partition coefficient (Wildman–Crippen LogP) is 2.19. The van der Waals surface area contributed by atoms with Crippen LogP contribution in [0.25, 0.3) is 22.2 Å². The Morgan fingerprint density at radius 1 is 1.14 bits per heavy atom. The van der Waals surface area contributed by atoms with Crippen molar-refractivity contribution in [1.82, 2.24) is 9.97 Å². The van der Waals surface area contributed by atoms with E-state index in [2.05, 4.69) is 9.97 Å². The van der Waals surface area contributed by atoms with Gasteiger partial charge < -0.3 is 15.5 Å². The van der Waals surface area contributed by atoms with Crippen LogP contribution in [-0.2, 0) is 11.3 Å². The van der Waals surface area contributed by atoms with Crippen LogP contribution in [0.2, 0.25) is 0 Å². The lowest BCUT2D eigenvalue weighted by Gasteiger charge is -2.07. The Labute approximate surface area is 125 Å². The Balaban J connectivity index is 1.97. The van der Waals surface area contributed by atoms with Gasteiger partial charge in [-0.25, -0.2) is 9.78 Å². The first-order valence-electron chi connectivity index (χ1n) is 6.63. The molecule has 2 aromatic heterocycles. The topological polar surface area (TPSA) is 98.1 Å². The zero-order valence-electron chi connectivity index (χ0n) is 11.6. The molecule has 6 nitrogen and oxygen atoms in total. The van der Waals surface area contributed by atoms with E-state index in [1.54, 1.807) is 12.3 Å². The van der Waals surface area contributed by atoms with Crippen molar-refractivity contribution in [1.29, 1.82) is 0 Å². The quantitative estimate of drug-likeness (QED) is 0.773. The number of amides is 1. The number of hydrogen-bond donors (Lipinski definition) is 2. The van der Waals surface area contributed by atoms with Crippen molar-refractivity contribution in [3.63, 3.8) is 0 Å². The molecule has 0 aliphatic carbocycles. The average molecular weight is 295 g/mol. The van der Waals surface area contributed by atoms with E-state index in [9.17, 15) is 9.59 Å². The number of H-pyrrole nitrogens is 1. The van der Waals surface area contributed by atoms with E-state index in [-0.39, 0.29) is 12.2 Å². The van der Waals surface area contributed by atoms with E-state index < -0.39 is 6.09 Å². The third kappa shape index (κ3) is 2.80. The maximum Gasteiger partial charge on any atom is 0.404 e. The minimum absolute atomic E-state index is 0.139. The van der Waals surface area contributed by atoms with Crippen molar-refractivity contribution in [2.75, 3.05) is 0 Å². The molecule has 110 valence electrons. The second-order valence-corrected chi connectivity index (χ2v) is 4.75. The number of fused-ring (bicyclic) bond motifs is 1. The molecule has 0 saturated carbocycles. The Bertz CT molecular complexity index is 885. The first-order chi connectivity index (χ1) is 10.6. The lowest BCUT2D eigenvalue weighted by Crippen LogP contribution is -2.12. The summed E-state index contributed by atoms with van der Waals surface area (Å²) >= 11 is 0. The molecule has 0 aliphatic heterocycles. The van der Waals surface area contributed by atoms with Gasteiger partial charge in [0.25, 0.3) is 0 Å². The van der Waals surface area contributed by atoms with Crippen LogP contribution < -0.4 is 11.3 Å². The number of primary amides is 1. The van der Waals surface area contributed by atoms with Crippen LogP contribution >= 0.6 is 0 Å². The molecule has 0 aliphatic rings. The SMILES string of the molecule is NC(=O)OCc1ccc(-c2ccnc3[nH]c(=O)ccc23)cc1. The van der Waals surface area contributed by atoms with Gasteiger partial charge in [0.2, 0.25) is 5.56 Å². The van der Waals surface area contributed by atoms with Crippen LogP contribution in [-0.4, -0.2) is 16.1 Å². The number of hydrogen-bond acceptors (Lipinski definition) is 4. The van der Waals surface area contributed by atoms with Gasteiger partial charge in [0.15, 0.2) is 0 Å². The fourth-order valence-corrected chi connectivity index (χ4v) is 2.25. The summed E-state index contributed by atoms with van der Waals surface area (Å²) in [4.78, 5) is 28.8. The number of nitrogens with one attached hydrogen (secondary N) is 1. The largest absolute Gasteiger partial charge is 0.445 e. The summed E-state index contributed by atoms with van der Waals surface area (Å²) in [5, 5.41) is 0.864. The highest BCUT2D eigenvalue weighted by atomic mass is 16.5. The molecular formula is C16H13N3O3. The van der Waals surface area contributed by atoms with Gasteiger partial charge in [-0.15, -0.1) is 0 Å². The van der Waals surface area contributed by atoms with Gasteiger partial charge in [-0.05, 0) is 28.8 Å². The molecule has 22 heavy (non-hydrogen) atoms. The molecule has 3 aromatic rings. The van der Waals surface area contributed by atoms with Crippen LogP contribution in [0.15, 0.2) is 53.5 Å². The number of rotatable bonds is 3. The van der Waals surface area contributed by atoms with E-state index in [0.29, 0.717) is 5.65 Å². The van der Waals surface area contributed by atoms with Gasteiger partial charge in [-0.1, -0.05) is 24.3 Å². The molecule has 3 N–H and O–H groups in total. The predicted molar refractivity (Wildman–Crippen MR) is 82.2 cm³/mol. The van der Waals surface area contributed by atoms with Crippen molar-refractivity contribution in [3.8, 4) is 11.1 Å². The van der Waals surface area contributed by atoms with Crippen molar-refractivity contribution in [2.45, 2.75) is 6.61 Å². The number of carbonyl (C=O) groups excluding carboxylic acids is 1. The molecule has 0 unspecified atom stereocenters. The van der Waals surface area contributed by atoms with Gasteiger partial charge >= 0.3 is 6.09 Å². The third-order valence-electron chi connectivity index (χ3n) is 3.28. The van der Waals surface area contributed by atoms with Crippen LogP contribution in [0.1, 0.15) is 5.56 Å². The number of ether oxygens (including phenoxy) is 1. The summed E-state index contributed by atoms with van der Waals surface area (Å²) in [6.07, 6.45) is 0.853. The monoisotopic (exact) mass is 295 g/mol. The van der Waals surface area contributed by atoms with Crippen molar-refractivity contribution >= 4 is 17.1 Å². The van der Waals surface area contributed by atoms with Crippen LogP contribution in [0, 0.1) is 0 Å². The summed E-state index contributed by atoms with van der Waals surface area (Å²) in [6, 6.07) is 12.7. The van der Waals surface area contributed by atoms with Crippen molar-refractivity contribution in [2.24, 2.45) is 5.73 Å². The minimum atomic E-state index is -0.798. The van der Waals surface area contributed by atoms with Crippen molar-refractivity contribution < 1.29 is 9.53 Å². The second-order valence-electron chi connectivity index (χ2n) is 4.75. The first-order valence-corrected chi connectivity index (χ1v) is 6.63. The Hall–Kier alpha value is -3.15. The molecule has 1 amide bonds. The lowest BCUT2D eigenvalue weighted by atomic mass is 10.0. The lowest BCUT2D eigenvalue weighted by molar-refractivity contribution is 0.150. The highest BCUT2D eigenvalue weighted by Crippen LogP contribution is 2.26. The second kappa shape index (κ2) is 5.69. The molecule has 0 saturated heterocycles. The molecular weight excluding hydrogens is 282 g/mol. The molecule has 0 spiro atoms. The number of pyridine rings is 2. The number of carbonyl (C=O) groups is 1. The third-order valence-corrected chi connectivity index (χ3v) is 3.28. The molecule has 0 fully saturated rings. The Kier molecular flexibility index (Phi) is 3.57. The van der Waals surface area contributed by atoms with E-state index in [1.807, 2.05) is 30.3 Å². The normalized spacial score (nSPS) is 10.5. The number of nitrogens with zero attached hydrogens (tertiary/aromatic N) is 1. The average Bonchev–Trinajstić information content (AvgIpc) is 2.52. The van der Waals surface area contributed by atoms with Gasteiger partial charge in [0.05, 0.1) is 0 Å². The van der Waals surface area contributed by atoms with E-state index in [1.165, 1.54) is 6.07 Å². The number of benzene rings is 1. The Morgan fingerprint density at radius 2 is 1.91 bits per heavy atom. The molecule has 3 rings (SSSR count). The number of aromatic amines is 1. The van der Waals surface area contributed by atoms with Gasteiger partial charge in [-0.2, -0.15) is 0 Å². The maximum atomic E-state index is 11.4. The van der Waals surface area contributed by atoms with Crippen LogP contribution in [0.3, 0.4) is 0 Å². The van der Waals surface area contributed by atoms with Gasteiger partial charge in [-0.3, -0.25) is 4.79 Å². The minimum Gasteiger partial charge on any atom is -0.445 e. The fraction of sp³-hybridized carbons (Fsp3) is 0.0625. The van der Waals surface area contributed by atoms with Gasteiger partial charge in [0.1, 0.15) is 12.3 Å². The fourth-order valence-electron chi connectivity index (χ4n) is 2.25. The summed E-state index contributed by atoms with van der Waals surface area (Å²) in [5.74, 6) is 0. The zero-order valence-corrected chi connectivity index (χ0v) is 11.6. The first kappa shape index (κ1) is 13.8. The highest BCUT2D eigenvalue weighted by molar-refractivity contribution is 5.92. The van der Waals surface area contributed by atoms with Crippen molar-refractivity contribution in [3.05, 3.63) is 64.6 Å². The van der Waals surface area contributed by atoms with Crippen LogP contribution in [0.5, 0.6) is 0 Å². The number of aromatic nitrogens is 2. The van der Waals surface area contributed by atoms with Gasteiger partial charge in [0, 0.05) is 17.6 Å². The Morgan fingerprint density at radius 3 is 2.64 bits per heavy atom. The molecule has 0 bridgehead atoms. The highest BCUT2D eigenvalue weighted by Gasteiger charge is 2.06. The summed E-state index contributed by atoms with van der Waals surface area (Å²) in [7, 11) is 0. The number of nitrogens with two attached hydrogens (primary N) is 1. The molecule has 2 heterocycles. The molecule has 1 aromatic carbocycles. The summed E-state index contributed by atoms with van der Waals surface area (Å²) in [6.45, 7) is 0.139. The van der Waals surface area contributed by atoms with E-state index in [0.717, 1.165) is 22.1 Å². The summed E-state index contributed by atoms with van der Waals surface area (Å²) in [5.41, 5.74) is 8.08. The standard InChI is InChI=1S/C16H13N3O3/c17-16(21)22-9-10-1-3-11(4-2-10)12-7-8-18-15-13(12)5-6-14(20)19-15/h1-8H,9H2,(H2,17,21)(H,18,19,20). The smallest absolute Gasteiger partial charge is 0.404 e. The van der Waals surface area contributed by atoms with Crippen LogP contribution in [0.4, 0.5) is 4.79 Å². The molecule has 6 heteroatoms. The maximum absolute atomic E-state index is 11.4. The van der Waals surface area contributed by atoms with E-state index in [4.69, 9.17) is 10.5 Å². The molecule has 0 atom stereocenters. The zero-order chi connectivity index (χ0) is 15.5.